The van der Waals surface area contributed by atoms with Crippen molar-refractivity contribution < 1.29 is 14.1 Å². The summed E-state index contributed by atoms with van der Waals surface area (Å²) in [5, 5.41) is 6.94. The van der Waals surface area contributed by atoms with Crippen molar-refractivity contribution in [2.24, 2.45) is 5.92 Å². The molecule has 1 unspecified atom stereocenters. The number of carbonyl (C=O) groups excluding carboxylic acids is 1. The molecule has 6 heteroatoms. The quantitative estimate of drug-likeness (QED) is 0.643. The maximum Gasteiger partial charge on any atom is 0.255 e. The summed E-state index contributed by atoms with van der Waals surface area (Å²) in [5.41, 5.74) is 1.62. The third-order valence-corrected chi connectivity index (χ3v) is 4.71. The standard InChI is InChI=1S/C22H23N3O3/c1-15(22-24-20(25-28-22)13-16-7-3-2-4-8-16)23-21(26)18-9-5-6-10-19(18)27-14-17-11-12-17/h2-10,15,17H,11-14H2,1H3,(H,23,26). The monoisotopic (exact) mass is 377 g/mol. The number of amides is 1. The molecule has 0 saturated heterocycles. The van der Waals surface area contributed by atoms with Crippen LogP contribution in [0.5, 0.6) is 5.75 Å². The van der Waals surface area contributed by atoms with Crippen LogP contribution >= 0.6 is 0 Å². The van der Waals surface area contributed by atoms with Gasteiger partial charge in [-0.1, -0.05) is 47.6 Å². The molecule has 1 aliphatic rings. The molecule has 1 saturated carbocycles. The molecule has 4 rings (SSSR count). The van der Waals surface area contributed by atoms with Crippen LogP contribution in [0.4, 0.5) is 0 Å². The Morgan fingerprint density at radius 1 is 1.18 bits per heavy atom. The van der Waals surface area contributed by atoms with E-state index >= 15 is 0 Å². The zero-order chi connectivity index (χ0) is 19.3. The lowest BCUT2D eigenvalue weighted by Crippen LogP contribution is -2.27. The fourth-order valence-electron chi connectivity index (χ4n) is 2.90. The van der Waals surface area contributed by atoms with Crippen LogP contribution in [-0.4, -0.2) is 22.7 Å². The maximum atomic E-state index is 12.7. The summed E-state index contributed by atoms with van der Waals surface area (Å²) in [6.45, 7) is 2.48. The van der Waals surface area contributed by atoms with Gasteiger partial charge in [0, 0.05) is 6.42 Å². The third-order valence-electron chi connectivity index (χ3n) is 4.71. The molecule has 0 radical (unpaired) electrons. The van der Waals surface area contributed by atoms with Crippen molar-refractivity contribution in [3.05, 3.63) is 77.4 Å². The number of hydrogen-bond donors (Lipinski definition) is 1. The van der Waals surface area contributed by atoms with Gasteiger partial charge in [0.1, 0.15) is 11.8 Å². The predicted molar refractivity (Wildman–Crippen MR) is 104 cm³/mol. The van der Waals surface area contributed by atoms with Gasteiger partial charge in [-0.3, -0.25) is 4.79 Å². The molecule has 0 bridgehead atoms. The van der Waals surface area contributed by atoms with Crippen molar-refractivity contribution in [1.29, 1.82) is 0 Å². The number of benzene rings is 2. The highest BCUT2D eigenvalue weighted by Gasteiger charge is 2.24. The number of ether oxygens (including phenoxy) is 1. The summed E-state index contributed by atoms with van der Waals surface area (Å²) in [7, 11) is 0. The van der Waals surface area contributed by atoms with Crippen molar-refractivity contribution in [2.45, 2.75) is 32.2 Å². The topological polar surface area (TPSA) is 77.2 Å². The van der Waals surface area contributed by atoms with Crippen LogP contribution in [0.15, 0.2) is 59.1 Å². The summed E-state index contributed by atoms with van der Waals surface area (Å²) in [6.07, 6.45) is 2.99. The first-order valence-electron chi connectivity index (χ1n) is 9.58. The molecule has 3 aromatic rings. The summed E-state index contributed by atoms with van der Waals surface area (Å²) >= 11 is 0. The molecule has 1 atom stereocenters. The summed E-state index contributed by atoms with van der Waals surface area (Å²) in [6, 6.07) is 16.8. The van der Waals surface area contributed by atoms with Gasteiger partial charge in [-0.15, -0.1) is 0 Å². The molecule has 1 fully saturated rings. The lowest BCUT2D eigenvalue weighted by atomic mass is 10.1. The van der Waals surface area contributed by atoms with Gasteiger partial charge in [-0.05, 0) is 43.4 Å². The minimum Gasteiger partial charge on any atom is -0.492 e. The lowest BCUT2D eigenvalue weighted by molar-refractivity contribution is 0.0928. The number of carbonyl (C=O) groups is 1. The Labute approximate surface area is 163 Å². The first-order valence-corrected chi connectivity index (χ1v) is 9.58. The number of nitrogens with one attached hydrogen (secondary N) is 1. The molecule has 144 valence electrons. The Morgan fingerprint density at radius 2 is 1.93 bits per heavy atom. The van der Waals surface area contributed by atoms with Gasteiger partial charge in [-0.2, -0.15) is 4.98 Å². The molecule has 1 aromatic heterocycles. The van der Waals surface area contributed by atoms with Crippen LogP contribution in [-0.2, 0) is 6.42 Å². The Kier molecular flexibility index (Phi) is 5.37. The van der Waals surface area contributed by atoms with E-state index in [4.69, 9.17) is 9.26 Å². The number of nitrogens with zero attached hydrogens (tertiary/aromatic N) is 2. The normalized spacial score (nSPS) is 14.5. The van der Waals surface area contributed by atoms with Crippen LogP contribution in [0.25, 0.3) is 0 Å². The van der Waals surface area contributed by atoms with Crippen LogP contribution in [0, 0.1) is 5.92 Å². The molecular formula is C22H23N3O3. The first kappa shape index (κ1) is 18.2. The summed E-state index contributed by atoms with van der Waals surface area (Å²) in [5.74, 6) is 1.98. The second-order valence-corrected chi connectivity index (χ2v) is 7.16. The van der Waals surface area contributed by atoms with E-state index in [0.717, 1.165) is 5.56 Å². The molecule has 1 heterocycles. The molecule has 2 aromatic carbocycles. The number of aromatic nitrogens is 2. The van der Waals surface area contributed by atoms with Gasteiger partial charge in [0.25, 0.3) is 5.91 Å². The second-order valence-electron chi connectivity index (χ2n) is 7.16. The highest BCUT2D eigenvalue weighted by Crippen LogP contribution is 2.30. The van der Waals surface area contributed by atoms with Crippen molar-refractivity contribution in [3.8, 4) is 5.75 Å². The van der Waals surface area contributed by atoms with Gasteiger partial charge in [0.05, 0.1) is 12.2 Å². The van der Waals surface area contributed by atoms with Crippen molar-refractivity contribution in [2.75, 3.05) is 6.61 Å². The van der Waals surface area contributed by atoms with Crippen molar-refractivity contribution in [1.82, 2.24) is 15.5 Å². The Balaban J connectivity index is 1.39. The highest BCUT2D eigenvalue weighted by molar-refractivity contribution is 5.97. The number of hydrogen-bond acceptors (Lipinski definition) is 5. The van der Waals surface area contributed by atoms with E-state index in [1.54, 1.807) is 6.07 Å². The fourth-order valence-corrected chi connectivity index (χ4v) is 2.90. The summed E-state index contributed by atoms with van der Waals surface area (Å²) < 4.78 is 11.2. The van der Waals surface area contributed by atoms with E-state index in [1.807, 2.05) is 55.5 Å². The van der Waals surface area contributed by atoms with Crippen LogP contribution in [0.2, 0.25) is 0 Å². The molecule has 0 aliphatic heterocycles. The van der Waals surface area contributed by atoms with E-state index in [9.17, 15) is 4.79 Å². The van der Waals surface area contributed by atoms with Gasteiger partial charge in [0.15, 0.2) is 5.82 Å². The zero-order valence-corrected chi connectivity index (χ0v) is 15.8. The summed E-state index contributed by atoms with van der Waals surface area (Å²) in [4.78, 5) is 17.1. The largest absolute Gasteiger partial charge is 0.492 e. The molecule has 0 spiro atoms. The van der Waals surface area contributed by atoms with E-state index < -0.39 is 6.04 Å². The van der Waals surface area contributed by atoms with Gasteiger partial charge < -0.3 is 14.6 Å². The SMILES string of the molecule is CC(NC(=O)c1ccccc1OCC1CC1)c1nc(Cc2ccccc2)no1. The average molecular weight is 377 g/mol. The maximum absolute atomic E-state index is 12.7. The molecule has 1 aliphatic carbocycles. The molecule has 1 N–H and O–H groups in total. The Morgan fingerprint density at radius 3 is 2.71 bits per heavy atom. The minimum atomic E-state index is -0.402. The number of rotatable bonds is 8. The van der Waals surface area contributed by atoms with Gasteiger partial charge in [0.2, 0.25) is 5.89 Å². The van der Waals surface area contributed by atoms with E-state index in [-0.39, 0.29) is 5.91 Å². The average Bonchev–Trinajstić information content (AvgIpc) is 3.44. The lowest BCUT2D eigenvalue weighted by Gasteiger charge is -2.13. The minimum absolute atomic E-state index is 0.221. The predicted octanol–water partition coefficient (Wildman–Crippen LogP) is 3.94. The Bertz CT molecular complexity index is 935. The van der Waals surface area contributed by atoms with Gasteiger partial charge >= 0.3 is 0 Å². The van der Waals surface area contributed by atoms with E-state index in [0.29, 0.717) is 42.0 Å². The van der Waals surface area contributed by atoms with E-state index in [2.05, 4.69) is 15.5 Å². The second kappa shape index (κ2) is 8.25. The van der Waals surface area contributed by atoms with Crippen LogP contribution in [0.3, 0.4) is 0 Å². The number of para-hydroxylation sites is 1. The van der Waals surface area contributed by atoms with E-state index in [1.165, 1.54) is 12.8 Å². The highest BCUT2D eigenvalue weighted by atomic mass is 16.5. The molecular weight excluding hydrogens is 354 g/mol. The first-order chi connectivity index (χ1) is 13.7. The van der Waals surface area contributed by atoms with Crippen LogP contribution in [0.1, 0.15) is 53.4 Å². The van der Waals surface area contributed by atoms with Gasteiger partial charge in [-0.25, -0.2) is 0 Å². The molecule has 6 nitrogen and oxygen atoms in total. The smallest absolute Gasteiger partial charge is 0.255 e. The third kappa shape index (κ3) is 4.57. The zero-order valence-electron chi connectivity index (χ0n) is 15.8. The fraction of sp³-hybridized carbons (Fsp3) is 0.318. The molecule has 28 heavy (non-hydrogen) atoms. The molecule has 1 amide bonds. The Hall–Kier alpha value is -3.15. The van der Waals surface area contributed by atoms with Crippen molar-refractivity contribution >= 4 is 5.91 Å². The van der Waals surface area contributed by atoms with Crippen LogP contribution < -0.4 is 10.1 Å². The van der Waals surface area contributed by atoms with Crippen molar-refractivity contribution in [3.63, 3.8) is 0 Å².